The van der Waals surface area contributed by atoms with E-state index >= 15 is 0 Å². The van der Waals surface area contributed by atoms with Crippen molar-refractivity contribution in [3.05, 3.63) is 75.7 Å². The van der Waals surface area contributed by atoms with Crippen LogP contribution in [0.1, 0.15) is 20.8 Å². The highest BCUT2D eigenvalue weighted by Crippen LogP contribution is 2.31. The standard InChI is InChI=1S/C24H21ClF2N4O3/c1-24(2,3)34-23(33)29-14-8-9-17(25)15(11-14)16-10-13-12-28-31(21(13)30(4)22(16)32)20-18(26)6-5-7-19(20)27/h5-12H,1-4H3,(H,29,33). The maximum absolute atomic E-state index is 14.4. The second kappa shape index (κ2) is 8.57. The fourth-order valence-electron chi connectivity index (χ4n) is 3.57. The van der Waals surface area contributed by atoms with Gasteiger partial charge in [-0.3, -0.25) is 14.7 Å². The summed E-state index contributed by atoms with van der Waals surface area (Å²) in [7, 11) is 1.47. The number of hydrogen-bond acceptors (Lipinski definition) is 4. The number of fused-ring (bicyclic) bond motifs is 1. The molecular weight excluding hydrogens is 466 g/mol. The molecule has 0 saturated carbocycles. The first-order valence-corrected chi connectivity index (χ1v) is 10.7. The third-order valence-corrected chi connectivity index (χ3v) is 5.30. The lowest BCUT2D eigenvalue weighted by atomic mass is 10.1. The van der Waals surface area contributed by atoms with E-state index in [9.17, 15) is 18.4 Å². The summed E-state index contributed by atoms with van der Waals surface area (Å²) in [6.45, 7) is 5.23. The van der Waals surface area contributed by atoms with Crippen LogP contribution in [0.2, 0.25) is 5.02 Å². The van der Waals surface area contributed by atoms with Crippen LogP contribution >= 0.6 is 11.6 Å². The molecule has 10 heteroatoms. The van der Waals surface area contributed by atoms with Crippen molar-refractivity contribution in [2.24, 2.45) is 7.05 Å². The lowest BCUT2D eigenvalue weighted by molar-refractivity contribution is 0.0636. The summed E-state index contributed by atoms with van der Waals surface area (Å²) in [4.78, 5) is 25.4. The lowest BCUT2D eigenvalue weighted by Gasteiger charge is -2.20. The Hall–Kier alpha value is -3.72. The third-order valence-electron chi connectivity index (χ3n) is 4.97. The number of ether oxygens (including phenoxy) is 1. The van der Waals surface area contributed by atoms with Gasteiger partial charge in [-0.05, 0) is 57.2 Å². The minimum absolute atomic E-state index is 0.205. The number of carbonyl (C=O) groups excluding carboxylic acids is 1. The van der Waals surface area contributed by atoms with E-state index in [1.165, 1.54) is 23.9 Å². The molecule has 2 aromatic heterocycles. The van der Waals surface area contributed by atoms with E-state index in [4.69, 9.17) is 16.3 Å². The molecule has 0 saturated heterocycles. The third kappa shape index (κ3) is 4.38. The first kappa shape index (κ1) is 23.4. The Morgan fingerprint density at radius 2 is 1.76 bits per heavy atom. The molecule has 4 rings (SSSR count). The van der Waals surface area contributed by atoms with Gasteiger partial charge in [0.1, 0.15) is 16.9 Å². The lowest BCUT2D eigenvalue weighted by Crippen LogP contribution is -2.27. The van der Waals surface area contributed by atoms with E-state index in [0.717, 1.165) is 16.8 Å². The molecule has 2 heterocycles. The van der Waals surface area contributed by atoms with Gasteiger partial charge >= 0.3 is 6.09 Å². The van der Waals surface area contributed by atoms with Gasteiger partial charge in [0, 0.05) is 34.3 Å². The van der Waals surface area contributed by atoms with Gasteiger partial charge in [0.05, 0.1) is 6.20 Å². The Kier molecular flexibility index (Phi) is 5.91. The van der Waals surface area contributed by atoms with Crippen LogP contribution in [0, 0.1) is 11.6 Å². The molecule has 176 valence electrons. The van der Waals surface area contributed by atoms with Gasteiger partial charge in [0.15, 0.2) is 11.6 Å². The van der Waals surface area contributed by atoms with Crippen molar-refractivity contribution in [1.82, 2.24) is 14.3 Å². The smallest absolute Gasteiger partial charge is 0.412 e. The van der Waals surface area contributed by atoms with Crippen LogP contribution < -0.4 is 10.9 Å². The van der Waals surface area contributed by atoms with Crippen molar-refractivity contribution in [3.8, 4) is 16.8 Å². The van der Waals surface area contributed by atoms with E-state index in [1.54, 1.807) is 45.0 Å². The van der Waals surface area contributed by atoms with Crippen LogP contribution in [-0.4, -0.2) is 26.0 Å². The molecule has 0 bridgehead atoms. The monoisotopic (exact) mass is 486 g/mol. The number of halogens is 3. The Morgan fingerprint density at radius 3 is 2.41 bits per heavy atom. The quantitative estimate of drug-likeness (QED) is 0.404. The molecule has 1 amide bonds. The van der Waals surface area contributed by atoms with E-state index in [0.29, 0.717) is 16.6 Å². The van der Waals surface area contributed by atoms with E-state index in [2.05, 4.69) is 10.4 Å². The number of aromatic nitrogens is 3. The van der Waals surface area contributed by atoms with Crippen molar-refractivity contribution in [2.45, 2.75) is 26.4 Å². The summed E-state index contributed by atoms with van der Waals surface area (Å²) in [5.41, 5.74) is -0.372. The average molecular weight is 487 g/mol. The van der Waals surface area contributed by atoms with Crippen LogP contribution in [0.25, 0.3) is 27.8 Å². The zero-order valence-corrected chi connectivity index (χ0v) is 19.6. The second-order valence-electron chi connectivity index (χ2n) is 8.65. The first-order chi connectivity index (χ1) is 16.0. The van der Waals surface area contributed by atoms with Crippen molar-refractivity contribution in [2.75, 3.05) is 5.32 Å². The van der Waals surface area contributed by atoms with Crippen LogP contribution in [-0.2, 0) is 11.8 Å². The number of amides is 1. The minimum atomic E-state index is -0.814. The molecule has 0 unspecified atom stereocenters. The van der Waals surface area contributed by atoms with E-state index in [1.807, 2.05) is 0 Å². The Bertz CT molecular complexity index is 1470. The highest BCUT2D eigenvalue weighted by Gasteiger charge is 2.21. The molecule has 2 aromatic carbocycles. The van der Waals surface area contributed by atoms with Gasteiger partial charge in [-0.1, -0.05) is 17.7 Å². The zero-order valence-electron chi connectivity index (χ0n) is 18.8. The molecule has 0 aliphatic heterocycles. The van der Waals surface area contributed by atoms with Gasteiger partial charge in [-0.15, -0.1) is 0 Å². The number of carbonyl (C=O) groups is 1. The number of hydrogen-bond donors (Lipinski definition) is 1. The maximum atomic E-state index is 14.4. The fraction of sp³-hybridized carbons (Fsp3) is 0.208. The Morgan fingerprint density at radius 1 is 1.09 bits per heavy atom. The Labute approximate surface area is 198 Å². The summed E-state index contributed by atoms with van der Waals surface area (Å²) < 4.78 is 36.3. The molecule has 0 aliphatic carbocycles. The fourth-order valence-corrected chi connectivity index (χ4v) is 3.78. The van der Waals surface area contributed by atoms with E-state index < -0.39 is 28.9 Å². The number of rotatable bonds is 3. The largest absolute Gasteiger partial charge is 0.444 e. The number of aryl methyl sites for hydroxylation is 1. The number of nitrogens with one attached hydrogen (secondary N) is 1. The van der Waals surface area contributed by atoms with Gasteiger partial charge in [-0.2, -0.15) is 5.10 Å². The summed E-state index contributed by atoms with van der Waals surface area (Å²) in [6.07, 6.45) is 0.748. The predicted molar refractivity (Wildman–Crippen MR) is 127 cm³/mol. The van der Waals surface area contributed by atoms with Gasteiger partial charge < -0.3 is 4.74 Å². The van der Waals surface area contributed by atoms with Crippen molar-refractivity contribution < 1.29 is 18.3 Å². The molecule has 7 nitrogen and oxygen atoms in total. The number of nitrogens with zero attached hydrogens (tertiary/aromatic N) is 3. The molecule has 0 aliphatic rings. The highest BCUT2D eigenvalue weighted by atomic mass is 35.5. The molecule has 0 atom stereocenters. The molecular formula is C24H21ClF2N4O3. The first-order valence-electron chi connectivity index (χ1n) is 10.3. The van der Waals surface area contributed by atoms with E-state index in [-0.39, 0.29) is 21.9 Å². The number of anilines is 1. The predicted octanol–water partition coefficient (Wildman–Crippen LogP) is 5.67. The normalized spacial score (nSPS) is 11.6. The average Bonchev–Trinajstić information content (AvgIpc) is 3.14. The summed E-state index contributed by atoms with van der Waals surface area (Å²) in [5, 5.41) is 7.46. The topological polar surface area (TPSA) is 78.2 Å². The zero-order chi connectivity index (χ0) is 24.8. The van der Waals surface area contributed by atoms with Gasteiger partial charge in [-0.25, -0.2) is 18.3 Å². The number of benzene rings is 2. The maximum Gasteiger partial charge on any atom is 0.412 e. The molecule has 4 aromatic rings. The molecule has 1 N–H and O–H groups in total. The van der Waals surface area contributed by atoms with Crippen molar-refractivity contribution in [1.29, 1.82) is 0 Å². The molecule has 0 fully saturated rings. The van der Waals surface area contributed by atoms with Crippen LogP contribution in [0.5, 0.6) is 0 Å². The van der Waals surface area contributed by atoms with Crippen LogP contribution in [0.3, 0.4) is 0 Å². The van der Waals surface area contributed by atoms with Gasteiger partial charge in [0.25, 0.3) is 5.56 Å². The molecule has 0 radical (unpaired) electrons. The number of para-hydroxylation sites is 1. The summed E-state index contributed by atoms with van der Waals surface area (Å²) >= 11 is 6.38. The van der Waals surface area contributed by atoms with Crippen molar-refractivity contribution in [3.63, 3.8) is 0 Å². The summed E-state index contributed by atoms with van der Waals surface area (Å²) in [6, 6.07) is 9.69. The molecule has 34 heavy (non-hydrogen) atoms. The SMILES string of the molecule is Cn1c(=O)c(-c2cc(NC(=O)OC(C)(C)C)ccc2Cl)cc2cnn(-c3c(F)cccc3F)c21. The Balaban J connectivity index is 1.82. The number of pyridine rings is 1. The van der Waals surface area contributed by atoms with Gasteiger partial charge in [0.2, 0.25) is 0 Å². The van der Waals surface area contributed by atoms with Crippen LogP contribution in [0.4, 0.5) is 19.3 Å². The van der Waals surface area contributed by atoms with Crippen molar-refractivity contribution >= 4 is 34.4 Å². The van der Waals surface area contributed by atoms with Crippen LogP contribution in [0.15, 0.2) is 53.5 Å². The minimum Gasteiger partial charge on any atom is -0.444 e. The summed E-state index contributed by atoms with van der Waals surface area (Å²) in [5.74, 6) is -1.63. The second-order valence-corrected chi connectivity index (χ2v) is 9.06. The highest BCUT2D eigenvalue weighted by molar-refractivity contribution is 6.33. The molecule has 0 spiro atoms.